The van der Waals surface area contributed by atoms with E-state index in [-0.39, 0.29) is 28.8 Å². The number of nitrogens with zero attached hydrogens (tertiary/aromatic N) is 2. The summed E-state index contributed by atoms with van der Waals surface area (Å²) in [5.41, 5.74) is 6.65. The Hall–Kier alpha value is -4.01. The van der Waals surface area contributed by atoms with Crippen LogP contribution in [0.25, 0.3) is 5.69 Å². The second kappa shape index (κ2) is 11.4. The quantitative estimate of drug-likeness (QED) is 0.148. The van der Waals surface area contributed by atoms with Crippen LogP contribution in [0.3, 0.4) is 0 Å². The van der Waals surface area contributed by atoms with Crippen LogP contribution in [-0.4, -0.2) is 29.3 Å². The number of anilines is 2. The second-order valence-electron chi connectivity index (χ2n) is 8.03. The van der Waals surface area contributed by atoms with Crippen LogP contribution in [0.2, 0.25) is 10.0 Å². The topological polar surface area (TPSA) is 97.9 Å². The van der Waals surface area contributed by atoms with Crippen molar-refractivity contribution in [2.75, 3.05) is 11.9 Å². The van der Waals surface area contributed by atoms with Gasteiger partial charge in [-0.05, 0) is 81.4 Å². The highest BCUT2D eigenvalue weighted by Gasteiger charge is 2.25. The van der Waals surface area contributed by atoms with E-state index in [1.165, 1.54) is 6.21 Å². The highest BCUT2D eigenvalue weighted by atomic mass is 35.5. The van der Waals surface area contributed by atoms with Gasteiger partial charge in [0.1, 0.15) is 10.6 Å². The number of carbonyl (C=O) groups excluding carboxylic acids is 2. The van der Waals surface area contributed by atoms with Crippen molar-refractivity contribution in [3.8, 4) is 5.69 Å². The fourth-order valence-corrected chi connectivity index (χ4v) is 4.08. The zero-order chi connectivity index (χ0) is 26.5. The normalized spacial score (nSPS) is 11.1. The van der Waals surface area contributed by atoms with E-state index in [4.69, 9.17) is 32.4 Å². The number of halogens is 2. The average Bonchev–Trinajstić information content (AvgIpc) is 3.38. The molecule has 8 nitrogen and oxygen atoms in total. The maximum Gasteiger partial charge on any atom is 0.345 e. The Kier molecular flexibility index (Phi) is 8.01. The van der Waals surface area contributed by atoms with Crippen LogP contribution in [0.1, 0.15) is 44.8 Å². The number of furan rings is 1. The Morgan fingerprint density at radius 3 is 2.27 bits per heavy atom. The highest BCUT2D eigenvalue weighted by Crippen LogP contribution is 2.34. The lowest BCUT2D eigenvalue weighted by Crippen LogP contribution is -2.17. The molecule has 0 aliphatic carbocycles. The first kappa shape index (κ1) is 26.1. The summed E-state index contributed by atoms with van der Waals surface area (Å²) >= 11 is 12.4. The third kappa shape index (κ3) is 5.87. The number of hydrogen-bond acceptors (Lipinski definition) is 6. The molecule has 2 aromatic heterocycles. The van der Waals surface area contributed by atoms with Crippen molar-refractivity contribution in [3.05, 3.63) is 99.0 Å². The minimum atomic E-state index is -0.662. The average molecular weight is 539 g/mol. The van der Waals surface area contributed by atoms with Crippen LogP contribution in [-0.2, 0) is 4.74 Å². The number of amides is 1. The molecule has 0 fully saturated rings. The molecule has 10 heteroatoms. The van der Waals surface area contributed by atoms with Crippen molar-refractivity contribution in [2.24, 2.45) is 5.10 Å². The molecule has 0 aliphatic rings. The van der Waals surface area contributed by atoms with Crippen LogP contribution in [0.5, 0.6) is 0 Å². The zero-order valence-electron chi connectivity index (χ0n) is 20.3. The van der Waals surface area contributed by atoms with E-state index in [2.05, 4.69) is 20.4 Å². The second-order valence-corrected chi connectivity index (χ2v) is 8.85. The van der Waals surface area contributed by atoms with Crippen LogP contribution < -0.4 is 10.7 Å². The molecule has 4 rings (SSSR count). The van der Waals surface area contributed by atoms with Crippen LogP contribution >= 0.6 is 23.2 Å². The van der Waals surface area contributed by atoms with E-state index < -0.39 is 11.9 Å². The molecule has 2 heterocycles. The lowest BCUT2D eigenvalue weighted by atomic mass is 10.2. The summed E-state index contributed by atoms with van der Waals surface area (Å²) in [6, 6.07) is 18.0. The molecule has 0 radical (unpaired) electrons. The molecular weight excluding hydrogens is 515 g/mol. The molecule has 0 spiro atoms. The molecular formula is C27H24Cl2N4O4. The Bertz CT molecular complexity index is 1440. The Morgan fingerprint density at radius 1 is 1.00 bits per heavy atom. The number of nitrogens with one attached hydrogen (secondary N) is 2. The van der Waals surface area contributed by atoms with Gasteiger partial charge < -0.3 is 19.0 Å². The largest absolute Gasteiger partial charge is 0.462 e. The molecule has 0 aliphatic heterocycles. The zero-order valence-corrected chi connectivity index (χ0v) is 21.9. The molecule has 1 amide bonds. The summed E-state index contributed by atoms with van der Waals surface area (Å²) in [6.07, 6.45) is 1.22. The van der Waals surface area contributed by atoms with Gasteiger partial charge in [0.05, 0.1) is 12.8 Å². The number of carbonyl (C=O) groups is 2. The summed E-state index contributed by atoms with van der Waals surface area (Å²) in [5, 5.41) is 7.49. The first-order valence-corrected chi connectivity index (χ1v) is 12.1. The van der Waals surface area contributed by atoms with E-state index in [9.17, 15) is 9.59 Å². The third-order valence-electron chi connectivity index (χ3n) is 5.46. The number of aromatic nitrogens is 1. The molecule has 0 atom stereocenters. The molecule has 4 aromatic rings. The van der Waals surface area contributed by atoms with Crippen LogP contribution in [0, 0.1) is 13.8 Å². The SMILES string of the molecule is CCOC(=O)c1c(Nc2ccc(Cl)cc2)oc(/C=N\NC(=O)c2ccc(-n3c(C)ccc3C)cc2)c1Cl. The maximum atomic E-state index is 12.6. The molecule has 2 N–H and O–H groups in total. The maximum absolute atomic E-state index is 12.6. The standard InChI is InChI=1S/C27H24Cl2N4O4/c1-4-36-27(35)23-24(29)22(37-26(23)31-20-11-9-19(28)10-12-20)15-30-32-25(34)18-7-13-21(14-8-18)33-16(2)5-6-17(33)3/h5-15,31H,4H2,1-3H3,(H,32,34)/b30-15-. The van der Waals surface area contributed by atoms with Crippen molar-refractivity contribution in [2.45, 2.75) is 20.8 Å². The molecule has 190 valence electrons. The number of benzene rings is 2. The number of hydrazone groups is 1. The first-order valence-electron chi connectivity index (χ1n) is 11.4. The molecule has 0 saturated heterocycles. The number of rotatable bonds is 8. The van der Waals surface area contributed by atoms with Gasteiger partial charge in [-0.3, -0.25) is 4.79 Å². The van der Waals surface area contributed by atoms with E-state index in [0.717, 1.165) is 17.1 Å². The summed E-state index contributed by atoms with van der Waals surface area (Å²) < 4.78 is 12.9. The van der Waals surface area contributed by atoms with Gasteiger partial charge in [0.2, 0.25) is 5.88 Å². The fraction of sp³-hybridized carbons (Fsp3) is 0.148. The van der Waals surface area contributed by atoms with Gasteiger partial charge in [0, 0.05) is 33.3 Å². The predicted molar refractivity (Wildman–Crippen MR) is 145 cm³/mol. The van der Waals surface area contributed by atoms with Gasteiger partial charge in [-0.2, -0.15) is 5.10 Å². The summed E-state index contributed by atoms with van der Waals surface area (Å²) in [4.78, 5) is 25.1. The molecule has 0 saturated carbocycles. The number of esters is 1. The Balaban J connectivity index is 1.51. The van der Waals surface area contributed by atoms with Crippen LogP contribution in [0.4, 0.5) is 11.6 Å². The minimum absolute atomic E-state index is 0.00488. The molecule has 0 bridgehead atoms. The van der Waals surface area contributed by atoms with Gasteiger partial charge in [0.25, 0.3) is 5.91 Å². The molecule has 2 aromatic carbocycles. The lowest BCUT2D eigenvalue weighted by molar-refractivity contribution is 0.0527. The van der Waals surface area contributed by atoms with Crippen molar-refractivity contribution in [1.29, 1.82) is 0 Å². The molecule has 0 unspecified atom stereocenters. The number of aryl methyl sites for hydroxylation is 2. The number of hydrogen-bond donors (Lipinski definition) is 2. The Labute approximate surface area is 223 Å². The van der Waals surface area contributed by atoms with E-state index >= 15 is 0 Å². The predicted octanol–water partition coefficient (Wildman–Crippen LogP) is 6.68. The number of ether oxygens (including phenoxy) is 1. The highest BCUT2D eigenvalue weighted by molar-refractivity contribution is 6.36. The summed E-state index contributed by atoms with van der Waals surface area (Å²) in [6.45, 7) is 5.88. The van der Waals surface area contributed by atoms with Gasteiger partial charge >= 0.3 is 5.97 Å². The lowest BCUT2D eigenvalue weighted by Gasteiger charge is -2.09. The van der Waals surface area contributed by atoms with Gasteiger partial charge in [-0.25, -0.2) is 10.2 Å². The van der Waals surface area contributed by atoms with Gasteiger partial charge in [-0.1, -0.05) is 23.2 Å². The van der Waals surface area contributed by atoms with E-state index in [1.54, 1.807) is 43.3 Å². The van der Waals surface area contributed by atoms with Crippen molar-refractivity contribution in [3.63, 3.8) is 0 Å². The van der Waals surface area contributed by atoms with Gasteiger partial charge in [-0.15, -0.1) is 0 Å². The smallest absolute Gasteiger partial charge is 0.345 e. The first-order chi connectivity index (χ1) is 17.8. The molecule has 37 heavy (non-hydrogen) atoms. The fourth-order valence-electron chi connectivity index (χ4n) is 3.70. The van der Waals surface area contributed by atoms with Crippen molar-refractivity contribution >= 4 is 52.9 Å². The van der Waals surface area contributed by atoms with E-state index in [0.29, 0.717) is 16.3 Å². The third-order valence-corrected chi connectivity index (χ3v) is 6.09. The summed E-state index contributed by atoms with van der Waals surface area (Å²) in [5.74, 6) is -0.943. The van der Waals surface area contributed by atoms with Crippen LogP contribution in [0.15, 0.2) is 70.2 Å². The Morgan fingerprint density at radius 2 is 1.65 bits per heavy atom. The monoisotopic (exact) mass is 538 g/mol. The van der Waals surface area contributed by atoms with Crippen molar-refractivity contribution in [1.82, 2.24) is 9.99 Å². The van der Waals surface area contributed by atoms with E-state index in [1.807, 2.05) is 38.1 Å². The van der Waals surface area contributed by atoms with Crippen molar-refractivity contribution < 1.29 is 18.7 Å². The minimum Gasteiger partial charge on any atom is -0.462 e. The van der Waals surface area contributed by atoms with Gasteiger partial charge in [0.15, 0.2) is 5.76 Å². The summed E-state index contributed by atoms with van der Waals surface area (Å²) in [7, 11) is 0.